The van der Waals surface area contributed by atoms with E-state index >= 15 is 0 Å². The van der Waals surface area contributed by atoms with Crippen molar-refractivity contribution >= 4 is 37.5 Å². The first-order valence-corrected chi connectivity index (χ1v) is 7.07. The highest BCUT2D eigenvalue weighted by Crippen LogP contribution is 2.35. The third-order valence-corrected chi connectivity index (χ3v) is 3.74. The molecule has 104 valence electrons. The normalized spacial score (nSPS) is 10.3. The predicted octanol–water partition coefficient (Wildman–Crippen LogP) is 4.84. The molecule has 0 aliphatic heterocycles. The van der Waals surface area contributed by atoms with Gasteiger partial charge >= 0.3 is 5.69 Å². The fourth-order valence-electron chi connectivity index (χ4n) is 1.57. The SMILES string of the molecule is O=[N+]([O-])c1cccc(Br)c1OCc1ccc(F)c(Br)c1. The molecule has 0 aromatic heterocycles. The van der Waals surface area contributed by atoms with E-state index in [9.17, 15) is 14.5 Å². The lowest BCUT2D eigenvalue weighted by Gasteiger charge is -2.09. The van der Waals surface area contributed by atoms with Gasteiger partial charge in [-0.2, -0.15) is 0 Å². The minimum atomic E-state index is -0.513. The minimum Gasteiger partial charge on any atom is -0.481 e. The Labute approximate surface area is 131 Å². The van der Waals surface area contributed by atoms with E-state index < -0.39 is 4.92 Å². The van der Waals surface area contributed by atoms with Crippen molar-refractivity contribution in [3.8, 4) is 5.75 Å². The van der Waals surface area contributed by atoms with Crippen LogP contribution in [0, 0.1) is 15.9 Å². The zero-order valence-electron chi connectivity index (χ0n) is 9.98. The minimum absolute atomic E-state index is 0.0995. The number of benzene rings is 2. The lowest BCUT2D eigenvalue weighted by atomic mass is 10.2. The van der Waals surface area contributed by atoms with E-state index in [1.54, 1.807) is 24.3 Å². The van der Waals surface area contributed by atoms with Crippen LogP contribution in [0.15, 0.2) is 45.3 Å². The summed E-state index contributed by atoms with van der Waals surface area (Å²) in [7, 11) is 0. The highest BCUT2D eigenvalue weighted by atomic mass is 79.9. The topological polar surface area (TPSA) is 52.4 Å². The molecule has 0 heterocycles. The Morgan fingerprint density at radius 1 is 1.20 bits per heavy atom. The Hall–Kier alpha value is -1.47. The van der Waals surface area contributed by atoms with Gasteiger partial charge in [-0.25, -0.2) is 4.39 Å². The maximum atomic E-state index is 13.1. The fraction of sp³-hybridized carbons (Fsp3) is 0.0769. The van der Waals surface area contributed by atoms with Crippen LogP contribution in [0.4, 0.5) is 10.1 Å². The van der Waals surface area contributed by atoms with Gasteiger partial charge in [0.15, 0.2) is 0 Å². The number of halogens is 3. The quantitative estimate of drug-likeness (QED) is 0.541. The third-order valence-electron chi connectivity index (χ3n) is 2.51. The van der Waals surface area contributed by atoms with Gasteiger partial charge in [0.05, 0.1) is 13.9 Å². The molecule has 2 aromatic rings. The monoisotopic (exact) mass is 403 g/mol. The summed E-state index contributed by atoms with van der Waals surface area (Å²) in [6.07, 6.45) is 0. The van der Waals surface area contributed by atoms with E-state index in [0.717, 1.165) is 0 Å². The molecule has 20 heavy (non-hydrogen) atoms. The molecular weight excluding hydrogens is 397 g/mol. The summed E-state index contributed by atoms with van der Waals surface area (Å²) in [5.41, 5.74) is 0.573. The first kappa shape index (κ1) is 14.9. The maximum absolute atomic E-state index is 13.1. The van der Waals surface area contributed by atoms with Crippen LogP contribution in [0.1, 0.15) is 5.56 Å². The number of nitrogens with zero attached hydrogens (tertiary/aromatic N) is 1. The Bertz CT molecular complexity index is 664. The zero-order valence-corrected chi connectivity index (χ0v) is 13.1. The Kier molecular flexibility index (Phi) is 4.72. The summed E-state index contributed by atoms with van der Waals surface area (Å²) in [5.74, 6) is -0.224. The van der Waals surface area contributed by atoms with Gasteiger partial charge in [0, 0.05) is 6.07 Å². The molecule has 0 fully saturated rings. The molecular formula is C13H8Br2FNO3. The molecule has 0 N–H and O–H groups in total. The van der Waals surface area contributed by atoms with Crippen molar-refractivity contribution in [1.29, 1.82) is 0 Å². The van der Waals surface area contributed by atoms with Crippen molar-refractivity contribution < 1.29 is 14.1 Å². The van der Waals surface area contributed by atoms with E-state index in [4.69, 9.17) is 4.74 Å². The molecule has 2 rings (SSSR count). The summed E-state index contributed by atoms with van der Waals surface area (Å²) in [4.78, 5) is 10.4. The van der Waals surface area contributed by atoms with Gasteiger partial charge < -0.3 is 4.74 Å². The van der Waals surface area contributed by atoms with Gasteiger partial charge in [0.2, 0.25) is 5.75 Å². The highest BCUT2D eigenvalue weighted by molar-refractivity contribution is 9.10. The number of rotatable bonds is 4. The summed E-state index contributed by atoms with van der Waals surface area (Å²) in [5, 5.41) is 10.9. The predicted molar refractivity (Wildman–Crippen MR) is 79.2 cm³/mol. The molecule has 0 atom stereocenters. The van der Waals surface area contributed by atoms with Crippen LogP contribution in [0.5, 0.6) is 5.75 Å². The summed E-state index contributed by atoms with van der Waals surface area (Å²) >= 11 is 6.29. The molecule has 4 nitrogen and oxygen atoms in total. The average molecular weight is 405 g/mol. The number of ether oxygens (including phenoxy) is 1. The average Bonchev–Trinajstić information content (AvgIpc) is 2.40. The molecule has 0 aliphatic carbocycles. The van der Waals surface area contributed by atoms with E-state index in [-0.39, 0.29) is 23.9 Å². The lowest BCUT2D eigenvalue weighted by Crippen LogP contribution is -2.00. The summed E-state index contributed by atoms with van der Waals surface area (Å²) < 4.78 is 19.4. The van der Waals surface area contributed by atoms with Crippen LogP contribution in [-0.4, -0.2) is 4.92 Å². The zero-order chi connectivity index (χ0) is 14.7. The highest BCUT2D eigenvalue weighted by Gasteiger charge is 2.18. The van der Waals surface area contributed by atoms with Gasteiger partial charge in [-0.05, 0) is 55.6 Å². The Morgan fingerprint density at radius 2 is 1.95 bits per heavy atom. The van der Waals surface area contributed by atoms with E-state index in [1.165, 1.54) is 12.1 Å². The molecule has 0 saturated heterocycles. The van der Waals surface area contributed by atoms with Crippen LogP contribution in [0.25, 0.3) is 0 Å². The van der Waals surface area contributed by atoms with Crippen molar-refractivity contribution in [2.75, 3.05) is 0 Å². The van der Waals surface area contributed by atoms with Crippen LogP contribution in [0.2, 0.25) is 0 Å². The maximum Gasteiger partial charge on any atom is 0.312 e. The number of nitro groups is 1. The fourth-order valence-corrected chi connectivity index (χ4v) is 2.47. The van der Waals surface area contributed by atoms with Crippen molar-refractivity contribution in [3.05, 3.63) is 66.8 Å². The second kappa shape index (κ2) is 6.32. The molecule has 0 unspecified atom stereocenters. The van der Waals surface area contributed by atoms with Crippen LogP contribution >= 0.6 is 31.9 Å². The first-order valence-electron chi connectivity index (χ1n) is 5.48. The summed E-state index contributed by atoms with van der Waals surface area (Å²) in [6, 6.07) is 9.01. The Balaban J connectivity index is 2.22. The largest absolute Gasteiger partial charge is 0.481 e. The van der Waals surface area contributed by atoms with Crippen molar-refractivity contribution in [2.45, 2.75) is 6.61 Å². The molecule has 0 saturated carbocycles. The van der Waals surface area contributed by atoms with Gasteiger partial charge in [-0.15, -0.1) is 0 Å². The molecule has 0 bridgehead atoms. The molecule has 7 heteroatoms. The molecule has 0 radical (unpaired) electrons. The van der Waals surface area contributed by atoms with E-state index in [2.05, 4.69) is 31.9 Å². The lowest BCUT2D eigenvalue weighted by molar-refractivity contribution is -0.386. The van der Waals surface area contributed by atoms with Crippen LogP contribution in [0.3, 0.4) is 0 Å². The van der Waals surface area contributed by atoms with Crippen LogP contribution in [-0.2, 0) is 6.61 Å². The number of nitro benzene ring substituents is 1. The van der Waals surface area contributed by atoms with Gasteiger partial charge in [-0.3, -0.25) is 10.1 Å². The van der Waals surface area contributed by atoms with E-state index in [1.807, 2.05) is 0 Å². The molecule has 0 aliphatic rings. The van der Waals surface area contributed by atoms with Crippen molar-refractivity contribution in [1.82, 2.24) is 0 Å². The van der Waals surface area contributed by atoms with Crippen LogP contribution < -0.4 is 4.74 Å². The van der Waals surface area contributed by atoms with E-state index in [0.29, 0.717) is 14.5 Å². The van der Waals surface area contributed by atoms with Crippen molar-refractivity contribution in [3.63, 3.8) is 0 Å². The Morgan fingerprint density at radius 3 is 2.60 bits per heavy atom. The summed E-state index contributed by atoms with van der Waals surface area (Å²) in [6.45, 7) is 0.0995. The molecule has 0 amide bonds. The van der Waals surface area contributed by atoms with Gasteiger partial charge in [0.1, 0.15) is 12.4 Å². The van der Waals surface area contributed by atoms with Crippen molar-refractivity contribution in [2.24, 2.45) is 0 Å². The molecule has 2 aromatic carbocycles. The third kappa shape index (κ3) is 3.34. The molecule has 0 spiro atoms. The number of hydrogen-bond donors (Lipinski definition) is 0. The van der Waals surface area contributed by atoms with Gasteiger partial charge in [-0.1, -0.05) is 12.1 Å². The number of hydrogen-bond acceptors (Lipinski definition) is 3. The first-order chi connectivity index (χ1) is 9.49. The second-order valence-corrected chi connectivity index (χ2v) is 5.59. The second-order valence-electron chi connectivity index (χ2n) is 3.88. The van der Waals surface area contributed by atoms with Gasteiger partial charge in [0.25, 0.3) is 0 Å². The number of para-hydroxylation sites is 1. The smallest absolute Gasteiger partial charge is 0.312 e. The standard InChI is InChI=1S/C13H8Br2FNO3/c14-9-2-1-3-12(17(18)19)13(9)20-7-8-4-5-11(16)10(15)6-8/h1-6H,7H2.